The molecule has 0 aromatic heterocycles. The fourth-order valence-corrected chi connectivity index (χ4v) is 0. The summed E-state index contributed by atoms with van der Waals surface area (Å²) in [6.45, 7) is 0. The van der Waals surface area contributed by atoms with Crippen molar-refractivity contribution in [3.63, 3.8) is 0 Å². The Balaban J connectivity index is -0.0000000800. The monoisotopic (exact) mass is 160 g/mol. The van der Waals surface area contributed by atoms with Crippen LogP contribution >= 0.6 is 0 Å². The Labute approximate surface area is 66.9 Å². The fourth-order valence-electron chi connectivity index (χ4n) is 0. The van der Waals surface area contributed by atoms with E-state index in [4.69, 9.17) is 16.0 Å². The molecule has 34 valence electrons. The molecular formula is H2Li2O4Se. The van der Waals surface area contributed by atoms with Crippen molar-refractivity contribution in [3.05, 3.63) is 0 Å². The smallest absolute Gasteiger partial charge is 0 e. The molecule has 0 amide bonds. The summed E-state index contributed by atoms with van der Waals surface area (Å²) >= 11 is -5.25. The van der Waals surface area contributed by atoms with Crippen LogP contribution in [0.5, 0.6) is 0 Å². The van der Waals surface area contributed by atoms with Crippen LogP contribution in [-0.2, 0) is 7.67 Å². The second-order valence-corrected chi connectivity index (χ2v) is 2.33. The molecule has 7 heteroatoms. The van der Waals surface area contributed by atoms with Gasteiger partial charge < -0.3 is 0 Å². The molecule has 0 bridgehead atoms. The van der Waals surface area contributed by atoms with E-state index in [0.717, 1.165) is 0 Å². The zero-order valence-electron chi connectivity index (χ0n) is 4.12. The van der Waals surface area contributed by atoms with Gasteiger partial charge in [-0.1, -0.05) is 0 Å². The van der Waals surface area contributed by atoms with Crippen molar-refractivity contribution >= 4 is 51.1 Å². The van der Waals surface area contributed by atoms with E-state index in [9.17, 15) is 0 Å². The van der Waals surface area contributed by atoms with Crippen molar-refractivity contribution < 1.29 is 16.0 Å². The molecule has 0 saturated carbocycles. The Morgan fingerprint density at radius 1 is 1.00 bits per heavy atom. The van der Waals surface area contributed by atoms with E-state index < -0.39 is 13.4 Å². The minimum atomic E-state index is -5.25. The van der Waals surface area contributed by atoms with Crippen molar-refractivity contribution in [3.8, 4) is 0 Å². The van der Waals surface area contributed by atoms with Gasteiger partial charge in [0, 0.05) is 37.7 Å². The number of rotatable bonds is 0. The van der Waals surface area contributed by atoms with Crippen LogP contribution < -0.4 is 0 Å². The summed E-state index contributed by atoms with van der Waals surface area (Å²) in [5.74, 6) is 0. The predicted octanol–water partition coefficient (Wildman–Crippen LogP) is -2.49. The Hall–Kier alpha value is 1.23. The molecule has 0 aliphatic heterocycles. The molecule has 0 aliphatic rings. The summed E-state index contributed by atoms with van der Waals surface area (Å²) < 4.78 is 31.9. The quantitative estimate of drug-likeness (QED) is 0.383. The van der Waals surface area contributed by atoms with Crippen LogP contribution in [0.3, 0.4) is 0 Å². The fraction of sp³-hybridized carbons (Fsp3) is 0. The molecule has 0 atom stereocenters. The molecule has 2 radical (unpaired) electrons. The van der Waals surface area contributed by atoms with Crippen molar-refractivity contribution in [2.75, 3.05) is 0 Å². The molecule has 0 aromatic rings. The average molecular weight is 159 g/mol. The van der Waals surface area contributed by atoms with Gasteiger partial charge in [-0.05, 0) is 0 Å². The van der Waals surface area contributed by atoms with Gasteiger partial charge in [0.1, 0.15) is 0 Å². The molecule has 0 fully saturated rings. The second-order valence-electron chi connectivity index (χ2n) is 0.448. The molecule has 7 heavy (non-hydrogen) atoms. The van der Waals surface area contributed by atoms with Crippen LogP contribution in [0, 0.1) is 0 Å². The van der Waals surface area contributed by atoms with Crippen LogP contribution in [-0.4, -0.2) is 59.5 Å². The third-order valence-electron chi connectivity index (χ3n) is 0. The Kier molecular flexibility index (Phi) is 12.1. The average Bonchev–Trinajstić information content (AvgIpc) is 0.722. The maximum atomic E-state index is 8.82. The van der Waals surface area contributed by atoms with E-state index in [-0.39, 0.29) is 37.7 Å². The summed E-state index contributed by atoms with van der Waals surface area (Å²) in [4.78, 5) is 0. The van der Waals surface area contributed by atoms with Crippen LogP contribution in [0.25, 0.3) is 0 Å². The minimum Gasteiger partial charge on any atom is 0 e. The molecule has 0 aliphatic carbocycles. The van der Waals surface area contributed by atoms with Gasteiger partial charge in [0.25, 0.3) is 0 Å². The van der Waals surface area contributed by atoms with Gasteiger partial charge in [0.2, 0.25) is 0 Å². The van der Waals surface area contributed by atoms with Crippen LogP contribution in [0.4, 0.5) is 0 Å². The molecular weight excluding hydrogens is 157 g/mol. The predicted molar refractivity (Wildman–Crippen MR) is 23.1 cm³/mol. The topological polar surface area (TPSA) is 74.6 Å². The third-order valence-corrected chi connectivity index (χ3v) is 0. The first-order valence-electron chi connectivity index (χ1n) is 0.698. The zero-order valence-corrected chi connectivity index (χ0v) is 5.83. The van der Waals surface area contributed by atoms with Gasteiger partial charge in [0.15, 0.2) is 0 Å². The molecule has 2 N–H and O–H groups in total. The normalized spacial score (nSPS) is 8.29. The maximum Gasteiger partial charge on any atom is 0 e. The largest absolute Gasteiger partial charge is 0 e. The molecule has 0 aromatic carbocycles. The van der Waals surface area contributed by atoms with Gasteiger partial charge in [-0.3, -0.25) is 0 Å². The van der Waals surface area contributed by atoms with Gasteiger partial charge in [-0.25, -0.2) is 0 Å². The summed E-state index contributed by atoms with van der Waals surface area (Å²) in [6.07, 6.45) is 0. The number of hydrogen-bond acceptors (Lipinski definition) is 2. The molecule has 4 nitrogen and oxygen atoms in total. The van der Waals surface area contributed by atoms with E-state index >= 15 is 0 Å². The summed E-state index contributed by atoms with van der Waals surface area (Å²) in [5.41, 5.74) is 0. The Bertz CT molecular complexity index is 92.9. The SMILES string of the molecule is O=[Se](=O)(O)O.[Li].[Li]. The van der Waals surface area contributed by atoms with Crippen molar-refractivity contribution in [1.29, 1.82) is 0 Å². The molecule has 0 heterocycles. The maximum absolute atomic E-state index is 8.82. The Morgan fingerprint density at radius 3 is 1.00 bits per heavy atom. The van der Waals surface area contributed by atoms with Crippen molar-refractivity contribution in [2.45, 2.75) is 0 Å². The standard InChI is InChI=1S/2Li.H2O4Se/c;;1-5(2,3)4/h;;(H2,1,2,3,4). The molecule has 0 unspecified atom stereocenters. The van der Waals surface area contributed by atoms with Crippen LogP contribution in [0.15, 0.2) is 0 Å². The first-order valence-corrected chi connectivity index (χ1v) is 3.63. The number of hydrogen-bond donors (Lipinski definition) is 2. The van der Waals surface area contributed by atoms with Gasteiger partial charge in [-0.15, -0.1) is 0 Å². The third kappa shape index (κ3) is 130. The summed E-state index contributed by atoms with van der Waals surface area (Å²) in [5, 5.41) is 0. The van der Waals surface area contributed by atoms with E-state index in [2.05, 4.69) is 0 Å². The minimum absolute atomic E-state index is 0. The van der Waals surface area contributed by atoms with E-state index in [1.807, 2.05) is 0 Å². The first-order chi connectivity index (χ1) is 2.00. The van der Waals surface area contributed by atoms with Gasteiger partial charge >= 0.3 is 29.4 Å². The Morgan fingerprint density at radius 2 is 1.00 bits per heavy atom. The second kappa shape index (κ2) is 5.37. The van der Waals surface area contributed by atoms with E-state index in [1.165, 1.54) is 0 Å². The van der Waals surface area contributed by atoms with Gasteiger partial charge in [0.05, 0.1) is 0 Å². The summed E-state index contributed by atoms with van der Waals surface area (Å²) in [7, 11) is 0. The summed E-state index contributed by atoms with van der Waals surface area (Å²) in [6, 6.07) is 0. The van der Waals surface area contributed by atoms with E-state index in [1.54, 1.807) is 0 Å². The van der Waals surface area contributed by atoms with Crippen LogP contribution in [0.2, 0.25) is 0 Å². The van der Waals surface area contributed by atoms with E-state index in [0.29, 0.717) is 0 Å². The van der Waals surface area contributed by atoms with Crippen molar-refractivity contribution in [2.24, 2.45) is 0 Å². The van der Waals surface area contributed by atoms with Gasteiger partial charge in [-0.2, -0.15) is 0 Å². The first kappa shape index (κ1) is 15.7. The molecule has 0 rings (SSSR count). The van der Waals surface area contributed by atoms with Crippen LogP contribution in [0.1, 0.15) is 0 Å². The molecule has 0 spiro atoms. The molecule has 0 saturated heterocycles. The zero-order chi connectivity index (χ0) is 4.50. The van der Waals surface area contributed by atoms with Crippen molar-refractivity contribution in [1.82, 2.24) is 0 Å².